The van der Waals surface area contributed by atoms with E-state index in [-0.39, 0.29) is 5.91 Å². The largest absolute Gasteiger partial charge is 0.383 e. The van der Waals surface area contributed by atoms with Crippen molar-refractivity contribution in [3.63, 3.8) is 0 Å². The summed E-state index contributed by atoms with van der Waals surface area (Å²) in [6, 6.07) is 17.9. The summed E-state index contributed by atoms with van der Waals surface area (Å²) in [5.41, 5.74) is 2.39. The minimum atomic E-state index is -0.909. The lowest BCUT2D eigenvalue weighted by Crippen LogP contribution is -2.34. The molecule has 1 aliphatic heterocycles. The van der Waals surface area contributed by atoms with Gasteiger partial charge in [0.2, 0.25) is 5.91 Å². The summed E-state index contributed by atoms with van der Waals surface area (Å²) in [4.78, 5) is 17.7. The molecule has 134 valence electrons. The van der Waals surface area contributed by atoms with E-state index in [0.717, 1.165) is 23.9 Å². The highest BCUT2D eigenvalue weighted by atomic mass is 16.3. The van der Waals surface area contributed by atoms with Crippen LogP contribution in [0.25, 0.3) is 10.9 Å². The number of aryl methyl sites for hydroxylation is 1. The Morgan fingerprint density at radius 3 is 2.73 bits per heavy atom. The first-order chi connectivity index (χ1) is 12.7. The number of H-pyrrole nitrogens is 1. The van der Waals surface area contributed by atoms with Crippen molar-refractivity contribution in [1.29, 1.82) is 0 Å². The van der Waals surface area contributed by atoms with Crippen molar-refractivity contribution in [3.8, 4) is 0 Å². The van der Waals surface area contributed by atoms with Crippen molar-refractivity contribution >= 4 is 16.8 Å². The predicted molar refractivity (Wildman–Crippen MR) is 103 cm³/mol. The van der Waals surface area contributed by atoms with Crippen LogP contribution in [0, 0.1) is 0 Å². The molecule has 0 spiro atoms. The number of β-amino-alcohol motifs (C(OH)–C–C–N with tert-alkyl or cyclic N) is 1. The fourth-order valence-electron chi connectivity index (χ4n) is 3.92. The van der Waals surface area contributed by atoms with E-state index in [0.29, 0.717) is 25.9 Å². The van der Waals surface area contributed by atoms with Crippen LogP contribution in [0.4, 0.5) is 0 Å². The average Bonchev–Trinajstić information content (AvgIpc) is 3.28. The van der Waals surface area contributed by atoms with Crippen LogP contribution in [0.15, 0.2) is 60.8 Å². The first-order valence-corrected chi connectivity index (χ1v) is 9.26. The van der Waals surface area contributed by atoms with Crippen LogP contribution >= 0.6 is 0 Å². The summed E-state index contributed by atoms with van der Waals surface area (Å²) in [5.74, 6) is 0.136. The van der Waals surface area contributed by atoms with Gasteiger partial charge in [0.25, 0.3) is 0 Å². The Bertz CT molecular complexity index is 903. The summed E-state index contributed by atoms with van der Waals surface area (Å²) in [6.07, 6.45) is 4.86. The van der Waals surface area contributed by atoms with Gasteiger partial charge in [0.1, 0.15) is 5.60 Å². The van der Waals surface area contributed by atoms with E-state index in [1.165, 1.54) is 10.9 Å². The molecule has 0 unspecified atom stereocenters. The number of aromatic nitrogens is 1. The number of nitrogens with one attached hydrogen (secondary N) is 1. The van der Waals surface area contributed by atoms with Crippen molar-refractivity contribution in [3.05, 3.63) is 71.9 Å². The molecule has 0 aliphatic carbocycles. The maximum Gasteiger partial charge on any atom is 0.222 e. The quantitative estimate of drug-likeness (QED) is 0.740. The highest BCUT2D eigenvalue weighted by molar-refractivity contribution is 5.83. The lowest BCUT2D eigenvalue weighted by atomic mass is 9.93. The van der Waals surface area contributed by atoms with Gasteiger partial charge in [-0.15, -0.1) is 0 Å². The van der Waals surface area contributed by atoms with Gasteiger partial charge in [0.05, 0.1) is 6.54 Å². The zero-order valence-corrected chi connectivity index (χ0v) is 14.8. The minimum Gasteiger partial charge on any atom is -0.383 e. The van der Waals surface area contributed by atoms with Crippen LogP contribution in [-0.2, 0) is 16.8 Å². The van der Waals surface area contributed by atoms with Gasteiger partial charge in [-0.05, 0) is 36.5 Å². The molecule has 0 radical (unpaired) electrons. The number of rotatable bonds is 5. The summed E-state index contributed by atoms with van der Waals surface area (Å²) in [7, 11) is 0. The third-order valence-electron chi connectivity index (χ3n) is 5.42. The molecule has 1 atom stereocenters. The highest BCUT2D eigenvalue weighted by Crippen LogP contribution is 2.32. The fraction of sp³-hybridized carbons (Fsp3) is 0.318. The van der Waals surface area contributed by atoms with E-state index in [2.05, 4.69) is 17.1 Å². The summed E-state index contributed by atoms with van der Waals surface area (Å²) in [6.45, 7) is 1.01. The molecule has 2 heterocycles. The molecule has 4 rings (SSSR count). The number of likely N-dealkylation sites (tertiary alicyclic amines) is 1. The van der Waals surface area contributed by atoms with Gasteiger partial charge in [0, 0.05) is 30.1 Å². The molecule has 1 amide bonds. The minimum absolute atomic E-state index is 0.136. The normalized spacial score (nSPS) is 20.0. The second-order valence-electron chi connectivity index (χ2n) is 7.18. The molecule has 1 aliphatic rings. The zero-order chi connectivity index (χ0) is 18.0. The number of carbonyl (C=O) groups is 1. The van der Waals surface area contributed by atoms with Crippen molar-refractivity contribution in [1.82, 2.24) is 9.88 Å². The lowest BCUT2D eigenvalue weighted by Gasteiger charge is -2.24. The summed E-state index contributed by atoms with van der Waals surface area (Å²) in [5, 5.41) is 12.1. The second-order valence-corrected chi connectivity index (χ2v) is 7.18. The fourth-order valence-corrected chi connectivity index (χ4v) is 3.92. The lowest BCUT2D eigenvalue weighted by molar-refractivity contribution is -0.131. The van der Waals surface area contributed by atoms with E-state index in [4.69, 9.17) is 0 Å². The number of hydrogen-bond acceptors (Lipinski definition) is 2. The number of aromatic amines is 1. The summed E-state index contributed by atoms with van der Waals surface area (Å²) >= 11 is 0. The van der Waals surface area contributed by atoms with Crippen LogP contribution in [0.2, 0.25) is 0 Å². The Balaban J connectivity index is 1.33. The topological polar surface area (TPSA) is 56.3 Å². The Hall–Kier alpha value is -2.59. The number of amides is 1. The highest BCUT2D eigenvalue weighted by Gasteiger charge is 2.39. The molecule has 26 heavy (non-hydrogen) atoms. The maximum atomic E-state index is 12.6. The number of fused-ring (bicyclic) bond motifs is 1. The molecule has 1 aromatic heterocycles. The Morgan fingerprint density at radius 1 is 1.12 bits per heavy atom. The van der Waals surface area contributed by atoms with E-state index in [9.17, 15) is 9.90 Å². The van der Waals surface area contributed by atoms with Crippen molar-refractivity contribution in [2.75, 3.05) is 13.1 Å². The van der Waals surface area contributed by atoms with Crippen LogP contribution in [0.3, 0.4) is 0 Å². The van der Waals surface area contributed by atoms with E-state index in [1.807, 2.05) is 53.6 Å². The van der Waals surface area contributed by atoms with Crippen LogP contribution < -0.4 is 0 Å². The molecule has 2 aromatic carbocycles. The van der Waals surface area contributed by atoms with Gasteiger partial charge >= 0.3 is 0 Å². The molecule has 4 nitrogen and oxygen atoms in total. The molecule has 1 fully saturated rings. The summed E-state index contributed by atoms with van der Waals surface area (Å²) < 4.78 is 0. The second kappa shape index (κ2) is 6.96. The molecule has 1 saturated heterocycles. The van der Waals surface area contributed by atoms with Crippen LogP contribution in [-0.4, -0.2) is 34.0 Å². The third-order valence-corrected chi connectivity index (χ3v) is 5.42. The predicted octanol–water partition coefficient (Wildman–Crippen LogP) is 3.61. The van der Waals surface area contributed by atoms with Gasteiger partial charge in [0.15, 0.2) is 0 Å². The van der Waals surface area contributed by atoms with Crippen molar-refractivity contribution < 1.29 is 9.90 Å². The number of para-hydroxylation sites is 1. The van der Waals surface area contributed by atoms with Crippen molar-refractivity contribution in [2.45, 2.75) is 31.3 Å². The number of nitrogens with zero attached hydrogens (tertiary/aromatic N) is 1. The molecular weight excluding hydrogens is 324 g/mol. The SMILES string of the molecule is O=C(CCCc1c[nH]c2ccccc12)N1CC[C@](O)(c2ccccc2)C1. The Morgan fingerprint density at radius 2 is 1.88 bits per heavy atom. The molecule has 0 bridgehead atoms. The Kier molecular flexibility index (Phi) is 4.51. The third kappa shape index (κ3) is 3.25. The van der Waals surface area contributed by atoms with Gasteiger partial charge in [-0.2, -0.15) is 0 Å². The Labute approximate surface area is 153 Å². The average molecular weight is 348 g/mol. The molecular formula is C22H24N2O2. The van der Waals surface area contributed by atoms with Crippen molar-refractivity contribution in [2.24, 2.45) is 0 Å². The number of aliphatic hydroxyl groups is 1. The number of carbonyl (C=O) groups excluding carboxylic acids is 1. The molecule has 2 N–H and O–H groups in total. The van der Waals surface area contributed by atoms with Gasteiger partial charge in [-0.3, -0.25) is 4.79 Å². The molecule has 0 saturated carbocycles. The van der Waals surface area contributed by atoms with Crippen LogP contribution in [0.5, 0.6) is 0 Å². The smallest absolute Gasteiger partial charge is 0.222 e. The standard InChI is InChI=1S/C22H24N2O2/c25-21(12-6-7-17-15-23-20-11-5-4-10-19(17)20)24-14-13-22(26,16-24)18-8-2-1-3-9-18/h1-5,8-11,15,23,26H,6-7,12-14,16H2/t22-/m1/s1. The number of hydrogen-bond donors (Lipinski definition) is 2. The molecule has 4 heteroatoms. The van der Waals surface area contributed by atoms with E-state index >= 15 is 0 Å². The van der Waals surface area contributed by atoms with Gasteiger partial charge in [-0.25, -0.2) is 0 Å². The monoisotopic (exact) mass is 348 g/mol. The van der Waals surface area contributed by atoms with Crippen LogP contribution in [0.1, 0.15) is 30.4 Å². The first-order valence-electron chi connectivity index (χ1n) is 9.26. The van der Waals surface area contributed by atoms with Gasteiger partial charge < -0.3 is 15.0 Å². The first kappa shape index (κ1) is 16.9. The maximum absolute atomic E-state index is 12.6. The molecule has 3 aromatic rings. The zero-order valence-electron chi connectivity index (χ0n) is 14.8. The van der Waals surface area contributed by atoms with Gasteiger partial charge in [-0.1, -0.05) is 48.5 Å². The number of benzene rings is 2. The van der Waals surface area contributed by atoms with E-state index in [1.54, 1.807) is 0 Å². The van der Waals surface area contributed by atoms with E-state index < -0.39 is 5.60 Å².